The first-order valence-electron chi connectivity index (χ1n) is 6.74. The average Bonchev–Trinajstić information content (AvgIpc) is 2.74. The third kappa shape index (κ3) is 4.11. The van der Waals surface area contributed by atoms with Gasteiger partial charge in [0.15, 0.2) is 0 Å². The van der Waals surface area contributed by atoms with E-state index in [1.807, 2.05) is 0 Å². The van der Waals surface area contributed by atoms with Gasteiger partial charge in [-0.25, -0.2) is 0 Å². The van der Waals surface area contributed by atoms with Crippen molar-refractivity contribution in [3.63, 3.8) is 0 Å². The van der Waals surface area contributed by atoms with Gasteiger partial charge >= 0.3 is 0 Å². The molecule has 106 valence electrons. The number of rotatable bonds is 3. The van der Waals surface area contributed by atoms with Crippen LogP contribution in [0.1, 0.15) is 39.5 Å². The molecular formula is C13H25ClN2O2. The Morgan fingerprint density at radius 2 is 2.33 bits per heavy atom. The highest BCUT2D eigenvalue weighted by Gasteiger charge is 2.31. The predicted molar refractivity (Wildman–Crippen MR) is 74.0 cm³/mol. The van der Waals surface area contributed by atoms with E-state index in [0.717, 1.165) is 38.8 Å². The number of piperidine rings is 1. The summed E-state index contributed by atoms with van der Waals surface area (Å²) in [5.41, 5.74) is -0.131. The second-order valence-corrected chi connectivity index (χ2v) is 5.70. The van der Waals surface area contributed by atoms with Crippen LogP contribution in [0.2, 0.25) is 0 Å². The minimum absolute atomic E-state index is 0. The minimum atomic E-state index is -0.131. The third-order valence-electron chi connectivity index (χ3n) is 3.93. The number of amides is 1. The largest absolute Gasteiger partial charge is 0.373 e. The SMILES string of the molecule is C[C@H]1C[C@@H](C(=O)NCC2(C)CCCO2)CCN1.Cl. The van der Waals surface area contributed by atoms with E-state index in [2.05, 4.69) is 24.5 Å². The van der Waals surface area contributed by atoms with Gasteiger partial charge in [-0.1, -0.05) is 0 Å². The van der Waals surface area contributed by atoms with Gasteiger partial charge in [-0.3, -0.25) is 4.79 Å². The Bertz CT molecular complexity index is 280. The molecule has 3 atom stereocenters. The van der Waals surface area contributed by atoms with Gasteiger partial charge in [0.1, 0.15) is 0 Å². The standard InChI is InChI=1S/C13H24N2O2.ClH/c1-10-8-11(4-6-14-10)12(16)15-9-13(2)5-3-7-17-13;/h10-11,14H,3-9H2,1-2H3,(H,15,16);1H/t10-,11-,13?;/m0./s1. The molecule has 0 aromatic heterocycles. The molecule has 4 nitrogen and oxygen atoms in total. The summed E-state index contributed by atoms with van der Waals surface area (Å²) in [6.07, 6.45) is 4.06. The Hall–Kier alpha value is -0.320. The molecule has 1 unspecified atom stereocenters. The van der Waals surface area contributed by atoms with Crippen molar-refractivity contribution in [3.8, 4) is 0 Å². The summed E-state index contributed by atoms with van der Waals surface area (Å²) in [7, 11) is 0. The summed E-state index contributed by atoms with van der Waals surface area (Å²) in [4.78, 5) is 12.0. The lowest BCUT2D eigenvalue weighted by Crippen LogP contribution is -2.46. The zero-order valence-corrected chi connectivity index (χ0v) is 12.1. The maximum Gasteiger partial charge on any atom is 0.223 e. The molecule has 0 radical (unpaired) electrons. The highest BCUT2D eigenvalue weighted by atomic mass is 35.5. The summed E-state index contributed by atoms with van der Waals surface area (Å²) >= 11 is 0. The van der Waals surface area contributed by atoms with E-state index in [1.54, 1.807) is 0 Å². The first kappa shape index (κ1) is 15.7. The van der Waals surface area contributed by atoms with Gasteiger partial charge in [-0.05, 0) is 46.1 Å². The Morgan fingerprint density at radius 1 is 1.56 bits per heavy atom. The molecule has 2 aliphatic rings. The maximum absolute atomic E-state index is 12.0. The van der Waals surface area contributed by atoms with Gasteiger partial charge in [0.2, 0.25) is 5.91 Å². The van der Waals surface area contributed by atoms with Crippen LogP contribution in [0.15, 0.2) is 0 Å². The van der Waals surface area contributed by atoms with Gasteiger partial charge in [0.05, 0.1) is 5.60 Å². The number of halogens is 1. The van der Waals surface area contributed by atoms with Crippen molar-refractivity contribution in [2.24, 2.45) is 5.92 Å². The first-order chi connectivity index (χ1) is 8.09. The van der Waals surface area contributed by atoms with Gasteiger partial charge in [0.25, 0.3) is 0 Å². The molecule has 2 heterocycles. The van der Waals surface area contributed by atoms with E-state index in [4.69, 9.17) is 4.74 Å². The smallest absolute Gasteiger partial charge is 0.223 e. The number of nitrogens with one attached hydrogen (secondary N) is 2. The fourth-order valence-electron chi connectivity index (χ4n) is 2.76. The molecule has 0 saturated carbocycles. The molecule has 0 spiro atoms. The average molecular weight is 277 g/mol. The van der Waals surface area contributed by atoms with Crippen LogP contribution in [-0.2, 0) is 9.53 Å². The van der Waals surface area contributed by atoms with Gasteiger partial charge < -0.3 is 15.4 Å². The summed E-state index contributed by atoms with van der Waals surface area (Å²) in [6, 6.07) is 0.456. The Balaban J connectivity index is 0.00000162. The molecule has 0 aliphatic carbocycles. The van der Waals surface area contributed by atoms with Crippen molar-refractivity contribution < 1.29 is 9.53 Å². The molecule has 5 heteroatoms. The molecule has 2 aliphatic heterocycles. The molecule has 2 N–H and O–H groups in total. The molecule has 0 bridgehead atoms. The topological polar surface area (TPSA) is 50.4 Å². The maximum atomic E-state index is 12.0. The molecule has 2 fully saturated rings. The lowest BCUT2D eigenvalue weighted by molar-refractivity contribution is -0.127. The molecule has 1 amide bonds. The summed E-state index contributed by atoms with van der Waals surface area (Å²) in [6.45, 7) is 6.67. The van der Waals surface area contributed by atoms with Crippen molar-refractivity contribution in [3.05, 3.63) is 0 Å². The monoisotopic (exact) mass is 276 g/mol. The summed E-state index contributed by atoms with van der Waals surface area (Å²) in [5.74, 6) is 0.381. The van der Waals surface area contributed by atoms with Crippen LogP contribution in [0, 0.1) is 5.92 Å². The zero-order chi connectivity index (χ0) is 12.3. The molecule has 0 aromatic carbocycles. The lowest BCUT2D eigenvalue weighted by Gasteiger charge is -2.29. The second kappa shape index (κ2) is 6.73. The summed E-state index contributed by atoms with van der Waals surface area (Å²) < 4.78 is 5.67. The van der Waals surface area contributed by atoms with E-state index in [0.29, 0.717) is 12.6 Å². The Kier molecular flexibility index (Phi) is 5.89. The second-order valence-electron chi connectivity index (χ2n) is 5.70. The van der Waals surface area contributed by atoms with Crippen molar-refractivity contribution in [2.45, 2.75) is 51.2 Å². The van der Waals surface area contributed by atoms with E-state index in [9.17, 15) is 4.79 Å². The molecule has 18 heavy (non-hydrogen) atoms. The van der Waals surface area contributed by atoms with Crippen molar-refractivity contribution in [2.75, 3.05) is 19.7 Å². The van der Waals surface area contributed by atoms with Gasteiger partial charge in [-0.15, -0.1) is 12.4 Å². The van der Waals surface area contributed by atoms with E-state index in [-0.39, 0.29) is 29.8 Å². The van der Waals surface area contributed by atoms with Crippen molar-refractivity contribution in [1.82, 2.24) is 10.6 Å². The highest BCUT2D eigenvalue weighted by Crippen LogP contribution is 2.24. The predicted octanol–water partition coefficient (Wildman–Crippen LogP) is 1.48. The highest BCUT2D eigenvalue weighted by molar-refractivity contribution is 5.85. The fourth-order valence-corrected chi connectivity index (χ4v) is 2.76. The van der Waals surface area contributed by atoms with Crippen molar-refractivity contribution in [1.29, 1.82) is 0 Å². The van der Waals surface area contributed by atoms with E-state index < -0.39 is 0 Å². The molecule has 0 aromatic rings. The number of carbonyl (C=O) groups excluding carboxylic acids is 1. The number of ether oxygens (including phenoxy) is 1. The van der Waals surface area contributed by atoms with Crippen LogP contribution in [0.4, 0.5) is 0 Å². The Morgan fingerprint density at radius 3 is 2.94 bits per heavy atom. The van der Waals surface area contributed by atoms with Gasteiger partial charge in [-0.2, -0.15) is 0 Å². The molecule has 2 saturated heterocycles. The molecule has 2 rings (SSSR count). The molecular weight excluding hydrogens is 252 g/mol. The quantitative estimate of drug-likeness (QED) is 0.821. The van der Waals surface area contributed by atoms with Crippen LogP contribution < -0.4 is 10.6 Å². The summed E-state index contributed by atoms with van der Waals surface area (Å²) in [5, 5.41) is 6.43. The third-order valence-corrected chi connectivity index (χ3v) is 3.93. The van der Waals surface area contributed by atoms with E-state index in [1.165, 1.54) is 0 Å². The lowest BCUT2D eigenvalue weighted by atomic mass is 9.92. The van der Waals surface area contributed by atoms with Gasteiger partial charge in [0, 0.05) is 25.1 Å². The van der Waals surface area contributed by atoms with Crippen molar-refractivity contribution >= 4 is 18.3 Å². The number of hydrogen-bond acceptors (Lipinski definition) is 3. The van der Waals surface area contributed by atoms with Crippen LogP contribution >= 0.6 is 12.4 Å². The fraction of sp³-hybridized carbons (Fsp3) is 0.923. The van der Waals surface area contributed by atoms with Crippen LogP contribution in [-0.4, -0.2) is 37.2 Å². The van der Waals surface area contributed by atoms with Crippen LogP contribution in [0.25, 0.3) is 0 Å². The normalized spacial score (nSPS) is 35.9. The first-order valence-corrected chi connectivity index (χ1v) is 6.74. The minimum Gasteiger partial charge on any atom is -0.373 e. The van der Waals surface area contributed by atoms with Crippen LogP contribution in [0.5, 0.6) is 0 Å². The number of hydrogen-bond donors (Lipinski definition) is 2. The zero-order valence-electron chi connectivity index (χ0n) is 11.3. The van der Waals surface area contributed by atoms with E-state index >= 15 is 0 Å². The number of carbonyl (C=O) groups is 1. The van der Waals surface area contributed by atoms with Crippen LogP contribution in [0.3, 0.4) is 0 Å². The Labute approximate surface area is 116 Å².